The smallest absolute Gasteiger partial charge is 0.262 e. The Kier molecular flexibility index (Phi) is 6.12. The molecule has 0 atom stereocenters. The maximum Gasteiger partial charge on any atom is 0.262 e. The molecular weight excluding hydrogens is 338 g/mol. The third-order valence-corrected chi connectivity index (χ3v) is 4.40. The fourth-order valence-electron chi connectivity index (χ4n) is 2.82. The minimum atomic E-state index is -0.223. The summed E-state index contributed by atoms with van der Waals surface area (Å²) >= 11 is 5.81. The summed E-state index contributed by atoms with van der Waals surface area (Å²) in [7, 11) is 0. The van der Waals surface area contributed by atoms with Crippen LogP contribution in [0.2, 0.25) is 5.02 Å². The molecule has 25 heavy (non-hydrogen) atoms. The summed E-state index contributed by atoms with van der Waals surface area (Å²) in [5, 5.41) is 3.43. The van der Waals surface area contributed by atoms with Crippen molar-refractivity contribution < 1.29 is 9.53 Å². The maximum atomic E-state index is 12.0. The average Bonchev–Trinajstić information content (AvgIpc) is 2.91. The number of nitrogens with zero attached hydrogens (tertiary/aromatic N) is 2. The number of hydrogen-bond acceptors (Lipinski definition) is 4. The molecule has 1 aliphatic rings. The van der Waals surface area contributed by atoms with E-state index in [1.807, 2.05) is 12.1 Å². The highest BCUT2D eigenvalue weighted by molar-refractivity contribution is 6.30. The Morgan fingerprint density at radius 2 is 1.80 bits per heavy atom. The summed E-state index contributed by atoms with van der Waals surface area (Å²) in [5.41, 5.74) is 0.670. The molecule has 5 nitrogen and oxygen atoms in total. The lowest BCUT2D eigenvalue weighted by molar-refractivity contribution is -0.118. The van der Waals surface area contributed by atoms with Crippen LogP contribution in [0.15, 0.2) is 42.6 Å². The molecule has 1 amide bonds. The molecule has 1 aromatic heterocycles. The number of amides is 1. The Morgan fingerprint density at radius 3 is 2.44 bits per heavy atom. The van der Waals surface area contributed by atoms with Crippen LogP contribution in [-0.2, 0) is 4.79 Å². The molecule has 3 rings (SSSR count). The quantitative estimate of drug-likeness (QED) is 0.872. The van der Waals surface area contributed by atoms with Crippen LogP contribution in [0, 0.1) is 0 Å². The largest absolute Gasteiger partial charge is 0.484 e. The lowest BCUT2D eigenvalue weighted by Crippen LogP contribution is -2.25. The van der Waals surface area contributed by atoms with E-state index in [9.17, 15) is 4.79 Å². The standard InChI is InChI=1S/C19H22ClN3O2/c20-15-5-8-17(9-6-15)25-14-19(24)22-16-7-10-18(21-13-16)23-11-3-1-2-4-12-23/h5-10,13H,1-4,11-12,14H2,(H,22,24). The van der Waals surface area contributed by atoms with Crippen molar-refractivity contribution in [2.75, 3.05) is 29.9 Å². The van der Waals surface area contributed by atoms with Crippen LogP contribution in [-0.4, -0.2) is 30.6 Å². The Balaban J connectivity index is 1.50. The van der Waals surface area contributed by atoms with Gasteiger partial charge in [-0.05, 0) is 49.2 Å². The molecule has 1 saturated heterocycles. The molecule has 0 bridgehead atoms. The maximum absolute atomic E-state index is 12.0. The van der Waals surface area contributed by atoms with Crippen LogP contribution in [0.4, 0.5) is 11.5 Å². The van der Waals surface area contributed by atoms with Gasteiger partial charge in [-0.1, -0.05) is 24.4 Å². The first-order chi connectivity index (χ1) is 12.2. The van der Waals surface area contributed by atoms with Gasteiger partial charge in [0, 0.05) is 18.1 Å². The van der Waals surface area contributed by atoms with Crippen LogP contribution >= 0.6 is 11.6 Å². The van der Waals surface area contributed by atoms with Gasteiger partial charge in [-0.3, -0.25) is 4.79 Å². The molecule has 0 saturated carbocycles. The number of benzene rings is 1. The number of rotatable bonds is 5. The summed E-state index contributed by atoms with van der Waals surface area (Å²) in [6.07, 6.45) is 6.70. The molecule has 1 N–H and O–H groups in total. The lowest BCUT2D eigenvalue weighted by atomic mass is 10.2. The summed E-state index contributed by atoms with van der Waals surface area (Å²) in [5.74, 6) is 1.35. The van der Waals surface area contributed by atoms with Crippen molar-refractivity contribution >= 4 is 29.0 Å². The molecule has 6 heteroatoms. The average molecular weight is 360 g/mol. The van der Waals surface area contributed by atoms with Crippen molar-refractivity contribution in [3.63, 3.8) is 0 Å². The Hall–Kier alpha value is -2.27. The Morgan fingerprint density at radius 1 is 1.08 bits per heavy atom. The normalized spacial score (nSPS) is 14.7. The van der Waals surface area contributed by atoms with E-state index in [1.165, 1.54) is 25.7 Å². The molecule has 132 valence electrons. The van der Waals surface area contributed by atoms with Gasteiger partial charge in [0.15, 0.2) is 6.61 Å². The van der Waals surface area contributed by atoms with Gasteiger partial charge in [-0.25, -0.2) is 4.98 Å². The summed E-state index contributed by atoms with van der Waals surface area (Å²) in [6.45, 7) is 2.04. The fourth-order valence-corrected chi connectivity index (χ4v) is 2.95. The number of anilines is 2. The van der Waals surface area contributed by atoms with Crippen molar-refractivity contribution in [3.05, 3.63) is 47.6 Å². The molecule has 0 unspecified atom stereocenters. The second kappa shape index (κ2) is 8.72. The third-order valence-electron chi connectivity index (χ3n) is 4.15. The summed E-state index contributed by atoms with van der Waals surface area (Å²) < 4.78 is 5.43. The van der Waals surface area contributed by atoms with E-state index < -0.39 is 0 Å². The van der Waals surface area contributed by atoms with E-state index in [0.717, 1.165) is 18.9 Å². The highest BCUT2D eigenvalue weighted by Crippen LogP contribution is 2.19. The molecule has 2 heterocycles. The number of ether oxygens (including phenoxy) is 1. The molecule has 1 fully saturated rings. The van der Waals surface area contributed by atoms with Crippen LogP contribution in [0.25, 0.3) is 0 Å². The minimum absolute atomic E-state index is 0.0600. The number of aromatic nitrogens is 1. The minimum Gasteiger partial charge on any atom is -0.484 e. The predicted octanol–water partition coefficient (Wildman–Crippen LogP) is 4.13. The number of pyridine rings is 1. The third kappa shape index (κ3) is 5.36. The van der Waals surface area contributed by atoms with Gasteiger partial charge >= 0.3 is 0 Å². The van der Waals surface area contributed by atoms with Crippen molar-refractivity contribution in [1.29, 1.82) is 0 Å². The van der Waals surface area contributed by atoms with Gasteiger partial charge in [0.25, 0.3) is 5.91 Å². The molecule has 0 spiro atoms. The van der Waals surface area contributed by atoms with Crippen molar-refractivity contribution in [1.82, 2.24) is 4.98 Å². The zero-order valence-electron chi connectivity index (χ0n) is 14.1. The van der Waals surface area contributed by atoms with E-state index in [1.54, 1.807) is 30.5 Å². The molecule has 1 aromatic carbocycles. The highest BCUT2D eigenvalue weighted by atomic mass is 35.5. The van der Waals surface area contributed by atoms with E-state index >= 15 is 0 Å². The number of nitrogens with one attached hydrogen (secondary N) is 1. The Labute approximate surface area is 153 Å². The predicted molar refractivity (Wildman–Crippen MR) is 100 cm³/mol. The van der Waals surface area contributed by atoms with Crippen LogP contribution in [0.5, 0.6) is 5.75 Å². The first-order valence-corrected chi connectivity index (χ1v) is 8.98. The fraction of sp³-hybridized carbons (Fsp3) is 0.368. The Bertz CT molecular complexity index is 681. The summed E-state index contributed by atoms with van der Waals surface area (Å²) in [4.78, 5) is 18.8. The topological polar surface area (TPSA) is 54.5 Å². The highest BCUT2D eigenvalue weighted by Gasteiger charge is 2.11. The van der Waals surface area contributed by atoms with Crippen LogP contribution < -0.4 is 15.0 Å². The van der Waals surface area contributed by atoms with E-state index in [4.69, 9.17) is 16.3 Å². The van der Waals surface area contributed by atoms with Gasteiger partial charge in [-0.15, -0.1) is 0 Å². The van der Waals surface area contributed by atoms with Gasteiger partial charge in [-0.2, -0.15) is 0 Å². The first kappa shape index (κ1) is 17.5. The van der Waals surface area contributed by atoms with Crippen molar-refractivity contribution in [2.24, 2.45) is 0 Å². The lowest BCUT2D eigenvalue weighted by Gasteiger charge is -2.21. The van der Waals surface area contributed by atoms with Crippen LogP contribution in [0.3, 0.4) is 0 Å². The molecule has 0 aliphatic carbocycles. The second-order valence-corrected chi connectivity index (χ2v) is 6.53. The van der Waals surface area contributed by atoms with E-state index in [2.05, 4.69) is 15.2 Å². The number of halogens is 1. The molecule has 0 radical (unpaired) electrons. The van der Waals surface area contributed by atoms with Crippen molar-refractivity contribution in [2.45, 2.75) is 25.7 Å². The van der Waals surface area contributed by atoms with Crippen molar-refractivity contribution in [3.8, 4) is 5.75 Å². The zero-order valence-corrected chi connectivity index (χ0v) is 14.8. The van der Waals surface area contributed by atoms with Gasteiger partial charge in [0.1, 0.15) is 11.6 Å². The molecular formula is C19H22ClN3O2. The number of hydrogen-bond donors (Lipinski definition) is 1. The second-order valence-electron chi connectivity index (χ2n) is 6.10. The first-order valence-electron chi connectivity index (χ1n) is 8.60. The van der Waals surface area contributed by atoms with Gasteiger partial charge < -0.3 is 15.0 Å². The SMILES string of the molecule is O=C(COc1ccc(Cl)cc1)Nc1ccc(N2CCCCCC2)nc1. The van der Waals surface area contributed by atoms with E-state index in [0.29, 0.717) is 16.5 Å². The summed E-state index contributed by atoms with van der Waals surface area (Å²) in [6, 6.07) is 10.7. The number of carbonyl (C=O) groups excluding carboxylic acids is 1. The van der Waals surface area contributed by atoms with Gasteiger partial charge in [0.2, 0.25) is 0 Å². The van der Waals surface area contributed by atoms with E-state index in [-0.39, 0.29) is 12.5 Å². The van der Waals surface area contributed by atoms with Crippen LogP contribution in [0.1, 0.15) is 25.7 Å². The monoisotopic (exact) mass is 359 g/mol. The zero-order chi connectivity index (χ0) is 17.5. The van der Waals surface area contributed by atoms with Gasteiger partial charge in [0.05, 0.1) is 11.9 Å². The molecule has 2 aromatic rings. The molecule has 1 aliphatic heterocycles. The number of carbonyl (C=O) groups is 1.